The van der Waals surface area contributed by atoms with Crippen molar-refractivity contribution in [2.75, 3.05) is 0 Å². The van der Waals surface area contributed by atoms with Crippen molar-refractivity contribution < 1.29 is 18.3 Å². The van der Waals surface area contributed by atoms with Crippen LogP contribution in [0.15, 0.2) is 21.9 Å². The van der Waals surface area contributed by atoms with Crippen molar-refractivity contribution in [2.45, 2.75) is 30.5 Å². The zero-order chi connectivity index (χ0) is 15.6. The van der Waals surface area contributed by atoms with Crippen molar-refractivity contribution in [2.24, 2.45) is 0 Å². The molecule has 0 aliphatic carbocycles. The number of carboxylic acids is 1. The first-order valence-electron chi connectivity index (χ1n) is 6.10. The molecule has 0 aliphatic rings. The van der Waals surface area contributed by atoms with Crippen LogP contribution in [0.25, 0.3) is 0 Å². The third-order valence-electron chi connectivity index (χ3n) is 2.81. The number of hydrogen-bond acceptors (Lipinski definition) is 6. The highest BCUT2D eigenvalue weighted by Gasteiger charge is 2.25. The molecule has 2 N–H and O–H groups in total. The minimum atomic E-state index is -3.76. The fourth-order valence-electron chi connectivity index (χ4n) is 1.76. The largest absolute Gasteiger partial charge is 0.477 e. The third-order valence-corrected chi connectivity index (χ3v) is 6.87. The van der Waals surface area contributed by atoms with Crippen LogP contribution in [0, 0.1) is 6.92 Å². The normalized spacial score (nSPS) is 13.2. The van der Waals surface area contributed by atoms with E-state index in [4.69, 9.17) is 5.11 Å². The van der Waals surface area contributed by atoms with Gasteiger partial charge in [0.2, 0.25) is 0 Å². The Balaban J connectivity index is 2.30. The Labute approximate surface area is 130 Å². The number of thiophene rings is 1. The monoisotopic (exact) mass is 346 g/mol. The summed E-state index contributed by atoms with van der Waals surface area (Å²) in [6, 6.07) is 0.969. The molecule has 2 aromatic heterocycles. The fourth-order valence-corrected chi connectivity index (χ4v) is 5.28. The lowest BCUT2D eigenvalue weighted by Gasteiger charge is -2.13. The smallest absolute Gasteiger partial charge is 0.346 e. The molecule has 1 atom stereocenters. The number of nitrogens with zero attached hydrogens (tertiary/aromatic N) is 1. The van der Waals surface area contributed by atoms with Gasteiger partial charge in [-0.15, -0.1) is 22.7 Å². The van der Waals surface area contributed by atoms with Crippen molar-refractivity contribution in [1.82, 2.24) is 9.71 Å². The number of thiazole rings is 1. The second-order valence-electron chi connectivity index (χ2n) is 4.34. The van der Waals surface area contributed by atoms with Gasteiger partial charge in [-0.3, -0.25) is 0 Å². The Morgan fingerprint density at radius 2 is 2.24 bits per heavy atom. The van der Waals surface area contributed by atoms with Crippen LogP contribution in [0.5, 0.6) is 0 Å². The topological polar surface area (TPSA) is 96.4 Å². The minimum absolute atomic E-state index is 0.00686. The molecule has 2 heterocycles. The second kappa shape index (κ2) is 6.22. The number of sulfonamides is 1. The van der Waals surface area contributed by atoms with E-state index in [9.17, 15) is 13.2 Å². The standard InChI is InChI=1S/C12H14N2O4S3/c1-3-8(11-13-4-5-19-11)14-21(17,18)9-6-7(2)10(20-9)12(15)16/h4-6,8,14H,3H2,1-2H3,(H,15,16). The summed E-state index contributed by atoms with van der Waals surface area (Å²) < 4.78 is 27.3. The Morgan fingerprint density at radius 1 is 1.52 bits per heavy atom. The van der Waals surface area contributed by atoms with Gasteiger partial charge in [-0.1, -0.05) is 6.92 Å². The molecule has 0 aromatic carbocycles. The number of carboxylic acid groups (broad SMARTS) is 1. The zero-order valence-corrected chi connectivity index (χ0v) is 13.8. The maximum absolute atomic E-state index is 12.4. The lowest BCUT2D eigenvalue weighted by Crippen LogP contribution is -2.27. The first-order valence-corrected chi connectivity index (χ1v) is 9.28. The van der Waals surface area contributed by atoms with E-state index in [1.807, 2.05) is 6.92 Å². The molecule has 2 aromatic rings. The van der Waals surface area contributed by atoms with Crippen LogP contribution in [0.3, 0.4) is 0 Å². The van der Waals surface area contributed by atoms with Gasteiger partial charge in [0.05, 0.1) is 6.04 Å². The minimum Gasteiger partial charge on any atom is -0.477 e. The van der Waals surface area contributed by atoms with Crippen LogP contribution < -0.4 is 4.72 Å². The molecular formula is C12H14N2O4S3. The summed E-state index contributed by atoms with van der Waals surface area (Å²) in [4.78, 5) is 15.2. The lowest BCUT2D eigenvalue weighted by molar-refractivity contribution is 0.0701. The van der Waals surface area contributed by atoms with Crippen molar-refractivity contribution in [3.8, 4) is 0 Å². The molecule has 0 spiro atoms. The molecule has 21 heavy (non-hydrogen) atoms. The van der Waals surface area contributed by atoms with Gasteiger partial charge in [-0.05, 0) is 25.0 Å². The first-order chi connectivity index (χ1) is 9.85. The maximum atomic E-state index is 12.4. The van der Waals surface area contributed by atoms with Crippen molar-refractivity contribution in [3.63, 3.8) is 0 Å². The molecule has 0 bridgehead atoms. The maximum Gasteiger partial charge on any atom is 0.346 e. The van der Waals surface area contributed by atoms with Gasteiger partial charge in [0, 0.05) is 11.6 Å². The number of nitrogens with one attached hydrogen (secondary N) is 1. The molecule has 6 nitrogen and oxygen atoms in total. The summed E-state index contributed by atoms with van der Waals surface area (Å²) in [7, 11) is -3.76. The number of carbonyl (C=O) groups is 1. The van der Waals surface area contributed by atoms with E-state index >= 15 is 0 Å². The van der Waals surface area contributed by atoms with Crippen molar-refractivity contribution >= 4 is 38.7 Å². The van der Waals surface area contributed by atoms with Crippen molar-refractivity contribution in [3.05, 3.63) is 33.1 Å². The first kappa shape index (κ1) is 16.1. The van der Waals surface area contributed by atoms with Gasteiger partial charge in [0.25, 0.3) is 10.0 Å². The molecular weight excluding hydrogens is 332 g/mol. The van der Waals surface area contributed by atoms with Gasteiger partial charge in [-0.25, -0.2) is 22.9 Å². The summed E-state index contributed by atoms with van der Waals surface area (Å²) in [6.45, 7) is 3.44. The highest BCUT2D eigenvalue weighted by atomic mass is 32.2. The molecule has 0 amide bonds. The van der Waals surface area contributed by atoms with Crippen LogP contribution in [-0.2, 0) is 10.0 Å². The van der Waals surface area contributed by atoms with Gasteiger partial charge < -0.3 is 5.11 Å². The van der Waals surface area contributed by atoms with E-state index in [0.717, 1.165) is 11.3 Å². The van der Waals surface area contributed by atoms with E-state index in [1.54, 1.807) is 18.5 Å². The van der Waals surface area contributed by atoms with E-state index in [2.05, 4.69) is 9.71 Å². The van der Waals surface area contributed by atoms with Crippen LogP contribution in [0.4, 0.5) is 0 Å². The predicted molar refractivity (Wildman–Crippen MR) is 81.5 cm³/mol. The Kier molecular flexibility index (Phi) is 4.77. The highest BCUT2D eigenvalue weighted by Crippen LogP contribution is 2.28. The lowest BCUT2D eigenvalue weighted by atomic mass is 10.3. The molecule has 2 rings (SSSR count). The van der Waals surface area contributed by atoms with Gasteiger partial charge >= 0.3 is 5.97 Å². The second-order valence-corrected chi connectivity index (χ2v) is 8.25. The predicted octanol–water partition coefficient (Wildman–Crippen LogP) is 2.64. The Morgan fingerprint density at radius 3 is 2.71 bits per heavy atom. The van der Waals surface area contributed by atoms with E-state index in [-0.39, 0.29) is 9.09 Å². The molecule has 0 saturated carbocycles. The average molecular weight is 346 g/mol. The number of aromatic carboxylic acids is 1. The van der Waals surface area contributed by atoms with Gasteiger partial charge in [0.1, 0.15) is 14.1 Å². The average Bonchev–Trinajstić information content (AvgIpc) is 3.05. The SMILES string of the molecule is CCC(NS(=O)(=O)c1cc(C)c(C(=O)O)s1)c1nccs1. The fraction of sp³-hybridized carbons (Fsp3) is 0.333. The number of hydrogen-bond donors (Lipinski definition) is 2. The van der Waals surface area contributed by atoms with Crippen LogP contribution in [0.2, 0.25) is 0 Å². The summed E-state index contributed by atoms with van der Waals surface area (Å²) in [6.07, 6.45) is 2.18. The Hall–Kier alpha value is -1.29. The molecule has 0 radical (unpaired) electrons. The summed E-state index contributed by atoms with van der Waals surface area (Å²) >= 11 is 2.13. The van der Waals surface area contributed by atoms with E-state index in [0.29, 0.717) is 17.0 Å². The third kappa shape index (κ3) is 3.49. The Bertz CT molecular complexity index is 735. The zero-order valence-electron chi connectivity index (χ0n) is 11.4. The summed E-state index contributed by atoms with van der Waals surface area (Å²) in [5.74, 6) is -1.12. The van der Waals surface area contributed by atoms with Gasteiger partial charge in [-0.2, -0.15) is 0 Å². The molecule has 1 unspecified atom stereocenters. The van der Waals surface area contributed by atoms with E-state index < -0.39 is 22.0 Å². The molecule has 0 saturated heterocycles. The summed E-state index contributed by atoms with van der Waals surface area (Å²) in [5.41, 5.74) is 0.440. The van der Waals surface area contributed by atoms with Crippen molar-refractivity contribution in [1.29, 1.82) is 0 Å². The molecule has 0 aliphatic heterocycles. The molecule has 114 valence electrons. The van der Waals surface area contributed by atoms with Crippen LogP contribution >= 0.6 is 22.7 Å². The number of rotatable bonds is 6. The van der Waals surface area contributed by atoms with Gasteiger partial charge in [0.15, 0.2) is 0 Å². The van der Waals surface area contributed by atoms with E-state index in [1.165, 1.54) is 17.4 Å². The van der Waals surface area contributed by atoms with Crippen LogP contribution in [-0.4, -0.2) is 24.5 Å². The number of aromatic nitrogens is 1. The summed E-state index contributed by atoms with van der Waals surface area (Å²) in [5, 5.41) is 11.5. The quantitative estimate of drug-likeness (QED) is 0.838. The highest BCUT2D eigenvalue weighted by molar-refractivity contribution is 7.91. The molecule has 0 fully saturated rings. The van der Waals surface area contributed by atoms with Crippen LogP contribution in [0.1, 0.15) is 39.6 Å². The number of aryl methyl sites for hydroxylation is 1. The molecule has 9 heteroatoms.